The Bertz CT molecular complexity index is 449. The standard InChI is InChI=1S/C15H23BrN2O2/c1-10(6-12(3)19)8-17-15(20)18-9-13-4-5-14(16)7-11(13)2/h4-5,7,10,12,19H,6,8-9H2,1-3H3,(H2,17,18,20). The van der Waals surface area contributed by atoms with Crippen LogP contribution in [0.4, 0.5) is 4.79 Å². The Balaban J connectivity index is 2.33. The van der Waals surface area contributed by atoms with Crippen molar-refractivity contribution in [3.05, 3.63) is 33.8 Å². The van der Waals surface area contributed by atoms with Gasteiger partial charge in [-0.2, -0.15) is 0 Å². The van der Waals surface area contributed by atoms with E-state index in [-0.39, 0.29) is 18.1 Å². The molecule has 20 heavy (non-hydrogen) atoms. The minimum Gasteiger partial charge on any atom is -0.393 e. The van der Waals surface area contributed by atoms with Crippen molar-refractivity contribution >= 4 is 22.0 Å². The van der Waals surface area contributed by atoms with Crippen LogP contribution in [-0.2, 0) is 6.54 Å². The maximum Gasteiger partial charge on any atom is 0.315 e. The molecule has 3 N–H and O–H groups in total. The van der Waals surface area contributed by atoms with Gasteiger partial charge in [-0.05, 0) is 49.4 Å². The minimum atomic E-state index is -0.333. The van der Waals surface area contributed by atoms with Gasteiger partial charge in [0, 0.05) is 17.6 Å². The summed E-state index contributed by atoms with van der Waals surface area (Å²) in [6.07, 6.45) is 0.354. The molecule has 5 heteroatoms. The van der Waals surface area contributed by atoms with Crippen LogP contribution in [0.2, 0.25) is 0 Å². The minimum absolute atomic E-state index is 0.176. The molecule has 1 rings (SSSR count). The predicted molar refractivity (Wildman–Crippen MR) is 84.6 cm³/mol. The maximum atomic E-state index is 11.7. The van der Waals surface area contributed by atoms with Crippen LogP contribution in [0.1, 0.15) is 31.4 Å². The van der Waals surface area contributed by atoms with E-state index >= 15 is 0 Å². The fourth-order valence-electron chi connectivity index (χ4n) is 2.03. The molecule has 0 radical (unpaired) electrons. The topological polar surface area (TPSA) is 61.4 Å². The van der Waals surface area contributed by atoms with Crippen LogP contribution < -0.4 is 10.6 Å². The van der Waals surface area contributed by atoms with Crippen molar-refractivity contribution in [2.24, 2.45) is 5.92 Å². The van der Waals surface area contributed by atoms with Gasteiger partial charge in [0.25, 0.3) is 0 Å². The number of hydrogen-bond donors (Lipinski definition) is 3. The highest BCUT2D eigenvalue weighted by Gasteiger charge is 2.08. The highest BCUT2D eigenvalue weighted by Crippen LogP contribution is 2.15. The lowest BCUT2D eigenvalue weighted by Crippen LogP contribution is -2.38. The molecule has 2 unspecified atom stereocenters. The molecular formula is C15H23BrN2O2. The lowest BCUT2D eigenvalue weighted by atomic mass is 10.1. The largest absolute Gasteiger partial charge is 0.393 e. The van der Waals surface area contributed by atoms with Crippen molar-refractivity contribution in [2.45, 2.75) is 39.8 Å². The van der Waals surface area contributed by atoms with Gasteiger partial charge < -0.3 is 15.7 Å². The Morgan fingerprint density at radius 1 is 1.35 bits per heavy atom. The summed E-state index contributed by atoms with van der Waals surface area (Å²) < 4.78 is 1.04. The van der Waals surface area contributed by atoms with Gasteiger partial charge in [0.2, 0.25) is 0 Å². The van der Waals surface area contributed by atoms with E-state index in [0.717, 1.165) is 15.6 Å². The second-order valence-corrected chi connectivity index (χ2v) is 6.24. The number of nitrogens with one attached hydrogen (secondary N) is 2. The third-order valence-corrected chi connectivity index (χ3v) is 3.59. The molecule has 0 saturated heterocycles. The number of aryl methyl sites for hydroxylation is 1. The smallest absolute Gasteiger partial charge is 0.315 e. The molecule has 4 nitrogen and oxygen atoms in total. The van der Waals surface area contributed by atoms with Crippen molar-refractivity contribution < 1.29 is 9.90 Å². The fourth-order valence-corrected chi connectivity index (χ4v) is 2.50. The number of benzene rings is 1. The summed E-state index contributed by atoms with van der Waals surface area (Å²) in [5.74, 6) is 0.259. The van der Waals surface area contributed by atoms with Crippen LogP contribution in [0, 0.1) is 12.8 Å². The number of rotatable bonds is 6. The number of amides is 2. The second kappa shape index (κ2) is 8.27. The Kier molecular flexibility index (Phi) is 7.02. The molecule has 112 valence electrons. The van der Waals surface area contributed by atoms with Gasteiger partial charge in [0.1, 0.15) is 0 Å². The van der Waals surface area contributed by atoms with E-state index in [1.54, 1.807) is 6.92 Å². The first-order valence-electron chi connectivity index (χ1n) is 6.83. The summed E-state index contributed by atoms with van der Waals surface area (Å²) >= 11 is 3.42. The Hall–Kier alpha value is -1.07. The SMILES string of the molecule is Cc1cc(Br)ccc1CNC(=O)NCC(C)CC(C)O. The summed E-state index contributed by atoms with van der Waals surface area (Å²) in [4.78, 5) is 11.7. The molecular weight excluding hydrogens is 320 g/mol. The first kappa shape index (κ1) is 17.0. The Morgan fingerprint density at radius 3 is 2.65 bits per heavy atom. The van der Waals surface area contributed by atoms with Gasteiger partial charge >= 0.3 is 6.03 Å². The van der Waals surface area contributed by atoms with Crippen LogP contribution in [0.25, 0.3) is 0 Å². The number of carbonyl (C=O) groups is 1. The van der Waals surface area contributed by atoms with Crippen molar-refractivity contribution in [1.82, 2.24) is 10.6 Å². The maximum absolute atomic E-state index is 11.7. The van der Waals surface area contributed by atoms with E-state index in [9.17, 15) is 9.90 Å². The molecule has 0 heterocycles. The lowest BCUT2D eigenvalue weighted by molar-refractivity contribution is 0.163. The Morgan fingerprint density at radius 2 is 2.05 bits per heavy atom. The second-order valence-electron chi connectivity index (χ2n) is 5.32. The molecule has 0 aliphatic rings. The third-order valence-electron chi connectivity index (χ3n) is 3.10. The number of aliphatic hydroxyl groups is 1. The van der Waals surface area contributed by atoms with E-state index in [1.807, 2.05) is 32.0 Å². The van der Waals surface area contributed by atoms with Crippen LogP contribution in [0.3, 0.4) is 0 Å². The zero-order valence-electron chi connectivity index (χ0n) is 12.2. The third kappa shape index (κ3) is 6.39. The molecule has 2 atom stereocenters. The molecule has 2 amide bonds. The molecule has 0 saturated carbocycles. The zero-order valence-corrected chi connectivity index (χ0v) is 13.8. The normalized spacial score (nSPS) is 13.7. The molecule has 1 aromatic carbocycles. The van der Waals surface area contributed by atoms with Crippen molar-refractivity contribution in [3.63, 3.8) is 0 Å². The summed E-state index contributed by atoms with van der Waals surface area (Å²) in [6.45, 7) is 6.86. The van der Waals surface area contributed by atoms with Crippen LogP contribution in [0.5, 0.6) is 0 Å². The molecule has 0 spiro atoms. The predicted octanol–water partition coefficient (Wildman–Crippen LogP) is 2.96. The van der Waals surface area contributed by atoms with Crippen LogP contribution >= 0.6 is 15.9 Å². The zero-order chi connectivity index (χ0) is 15.1. The first-order chi connectivity index (χ1) is 9.38. The molecule has 0 aliphatic carbocycles. The van der Waals surface area contributed by atoms with Gasteiger partial charge in [0.05, 0.1) is 6.10 Å². The number of carbonyl (C=O) groups excluding carboxylic acids is 1. The highest BCUT2D eigenvalue weighted by atomic mass is 79.9. The van der Waals surface area contributed by atoms with Gasteiger partial charge in [-0.25, -0.2) is 4.79 Å². The number of hydrogen-bond acceptors (Lipinski definition) is 2. The summed E-state index contributed by atoms with van der Waals surface area (Å²) in [5, 5.41) is 14.9. The van der Waals surface area contributed by atoms with Crippen LogP contribution in [0.15, 0.2) is 22.7 Å². The lowest BCUT2D eigenvalue weighted by Gasteiger charge is -2.15. The fraction of sp³-hybridized carbons (Fsp3) is 0.533. The quantitative estimate of drug-likeness (QED) is 0.744. The van der Waals surface area contributed by atoms with Crippen molar-refractivity contribution in [1.29, 1.82) is 0 Å². The summed E-state index contributed by atoms with van der Waals surface area (Å²) in [7, 11) is 0. The highest BCUT2D eigenvalue weighted by molar-refractivity contribution is 9.10. The van der Waals surface area contributed by atoms with Crippen molar-refractivity contribution in [2.75, 3.05) is 6.54 Å². The van der Waals surface area contributed by atoms with E-state index < -0.39 is 0 Å². The molecule has 0 aliphatic heterocycles. The molecule has 0 bridgehead atoms. The molecule has 0 aromatic heterocycles. The van der Waals surface area contributed by atoms with E-state index in [2.05, 4.69) is 26.6 Å². The monoisotopic (exact) mass is 342 g/mol. The van der Waals surface area contributed by atoms with Gasteiger partial charge in [0.15, 0.2) is 0 Å². The van der Waals surface area contributed by atoms with E-state index in [4.69, 9.17) is 0 Å². The van der Waals surface area contributed by atoms with Crippen LogP contribution in [-0.4, -0.2) is 23.8 Å². The summed E-state index contributed by atoms with van der Waals surface area (Å²) in [6, 6.07) is 5.81. The number of aliphatic hydroxyl groups excluding tert-OH is 1. The summed E-state index contributed by atoms with van der Waals surface area (Å²) in [5.41, 5.74) is 2.24. The first-order valence-corrected chi connectivity index (χ1v) is 7.62. The van der Waals surface area contributed by atoms with Gasteiger partial charge in [-0.1, -0.05) is 28.9 Å². The number of halogens is 1. The average Bonchev–Trinajstić information content (AvgIpc) is 2.34. The molecule has 0 fully saturated rings. The molecule has 1 aromatic rings. The average molecular weight is 343 g/mol. The van der Waals surface area contributed by atoms with E-state index in [0.29, 0.717) is 19.5 Å². The van der Waals surface area contributed by atoms with E-state index in [1.165, 1.54) is 0 Å². The van der Waals surface area contributed by atoms with Gasteiger partial charge in [-0.3, -0.25) is 0 Å². The number of urea groups is 1. The Labute approximate surface area is 129 Å². The van der Waals surface area contributed by atoms with Gasteiger partial charge in [-0.15, -0.1) is 0 Å². The van der Waals surface area contributed by atoms with Crippen molar-refractivity contribution in [3.8, 4) is 0 Å².